The molecule has 0 unspecified atom stereocenters. The number of carbonyl (C=O) groups excluding carboxylic acids is 5. The average molecular weight is 485 g/mol. The molecule has 0 aliphatic heterocycles. The molecule has 8 nitrogen and oxygen atoms in total. The molecule has 8 heteroatoms. The van der Waals surface area contributed by atoms with Gasteiger partial charge in [0, 0.05) is 28.8 Å². The highest BCUT2D eigenvalue weighted by Crippen LogP contribution is 2.29. The molecule has 0 spiro atoms. The van der Waals surface area contributed by atoms with Gasteiger partial charge in [-0.1, -0.05) is 62.4 Å². The molecule has 4 rings (SSSR count). The second-order valence-electron chi connectivity index (χ2n) is 8.71. The second-order valence-corrected chi connectivity index (χ2v) is 8.71. The Hall–Kier alpha value is -4.59. The summed E-state index contributed by atoms with van der Waals surface area (Å²) >= 11 is 0. The summed E-state index contributed by atoms with van der Waals surface area (Å²) in [6.45, 7) is 3.76. The number of hydrogen-bond acceptors (Lipinski definition) is 6. The molecule has 2 N–H and O–H groups in total. The van der Waals surface area contributed by atoms with Crippen molar-refractivity contribution in [3.8, 4) is 0 Å². The fourth-order valence-electron chi connectivity index (χ4n) is 3.89. The van der Waals surface area contributed by atoms with Crippen molar-refractivity contribution >= 4 is 35.0 Å². The first-order valence-electron chi connectivity index (χ1n) is 11.4. The van der Waals surface area contributed by atoms with Crippen LogP contribution in [0.4, 0.5) is 5.69 Å². The van der Waals surface area contributed by atoms with Gasteiger partial charge in [0.2, 0.25) is 0 Å². The quantitative estimate of drug-likeness (QED) is 0.387. The molecule has 0 saturated heterocycles. The van der Waals surface area contributed by atoms with E-state index >= 15 is 0 Å². The molecule has 1 aliphatic rings. The first-order chi connectivity index (χ1) is 17.3. The number of rotatable bonds is 7. The monoisotopic (exact) mass is 484 g/mol. The lowest BCUT2D eigenvalue weighted by Crippen LogP contribution is -2.29. The number of benzene rings is 3. The van der Waals surface area contributed by atoms with Crippen LogP contribution >= 0.6 is 0 Å². The molecular weight excluding hydrogens is 460 g/mol. The Morgan fingerprint density at radius 2 is 1.39 bits per heavy atom. The zero-order valence-electron chi connectivity index (χ0n) is 19.8. The SMILES string of the molecule is CC(C)CNC(=O)c1ccccc1NC(=O)COC(=O)c1cccc2c1C(=O)c1ccccc1C2=O. The summed E-state index contributed by atoms with van der Waals surface area (Å²) in [4.78, 5) is 63.8. The third-order valence-corrected chi connectivity index (χ3v) is 5.62. The molecule has 0 radical (unpaired) electrons. The number of hydrogen-bond donors (Lipinski definition) is 2. The van der Waals surface area contributed by atoms with Gasteiger partial charge in [0.05, 0.1) is 16.8 Å². The third-order valence-electron chi connectivity index (χ3n) is 5.62. The van der Waals surface area contributed by atoms with Gasteiger partial charge in [0.15, 0.2) is 18.2 Å². The van der Waals surface area contributed by atoms with E-state index in [1.165, 1.54) is 24.3 Å². The van der Waals surface area contributed by atoms with Gasteiger partial charge >= 0.3 is 5.97 Å². The largest absolute Gasteiger partial charge is 0.452 e. The number of carbonyl (C=O) groups is 5. The van der Waals surface area contributed by atoms with Crippen LogP contribution < -0.4 is 10.6 Å². The summed E-state index contributed by atoms with van der Waals surface area (Å²) in [5.41, 5.74) is 1.00. The molecule has 0 saturated carbocycles. The maximum Gasteiger partial charge on any atom is 0.339 e. The average Bonchev–Trinajstić information content (AvgIpc) is 2.88. The van der Waals surface area contributed by atoms with Gasteiger partial charge < -0.3 is 15.4 Å². The van der Waals surface area contributed by atoms with E-state index in [2.05, 4.69) is 10.6 Å². The van der Waals surface area contributed by atoms with Crippen LogP contribution in [0.5, 0.6) is 0 Å². The molecule has 0 bridgehead atoms. The number of ketones is 2. The van der Waals surface area contributed by atoms with Gasteiger partial charge in [-0.15, -0.1) is 0 Å². The molecule has 2 amide bonds. The number of esters is 1. The smallest absolute Gasteiger partial charge is 0.339 e. The van der Waals surface area contributed by atoms with E-state index < -0.39 is 24.3 Å². The Labute approximate surface area is 207 Å². The molecule has 1 aliphatic carbocycles. The van der Waals surface area contributed by atoms with Crippen LogP contribution in [0.1, 0.15) is 66.4 Å². The Balaban J connectivity index is 1.47. The lowest BCUT2D eigenvalue weighted by Gasteiger charge is -2.19. The Kier molecular flexibility index (Phi) is 7.05. The van der Waals surface area contributed by atoms with Crippen molar-refractivity contribution in [2.75, 3.05) is 18.5 Å². The van der Waals surface area contributed by atoms with Gasteiger partial charge in [0.25, 0.3) is 11.8 Å². The van der Waals surface area contributed by atoms with E-state index in [0.717, 1.165) is 0 Å². The lowest BCUT2D eigenvalue weighted by molar-refractivity contribution is -0.119. The number of para-hydroxylation sites is 1. The summed E-state index contributed by atoms with van der Waals surface area (Å²) in [6, 6.07) is 17.2. The van der Waals surface area contributed by atoms with Crippen LogP contribution in [0.3, 0.4) is 0 Å². The molecule has 0 heterocycles. The number of anilines is 1. The molecule has 0 fully saturated rings. The molecule has 3 aromatic rings. The molecular formula is C28H24N2O6. The zero-order valence-corrected chi connectivity index (χ0v) is 19.8. The van der Waals surface area contributed by atoms with E-state index in [-0.39, 0.29) is 56.7 Å². The van der Waals surface area contributed by atoms with Crippen LogP contribution in [0, 0.1) is 5.92 Å². The Morgan fingerprint density at radius 1 is 0.778 bits per heavy atom. The number of ether oxygens (including phenoxy) is 1. The summed E-state index contributed by atoms with van der Waals surface area (Å²) in [5, 5.41) is 5.37. The molecule has 0 atom stereocenters. The van der Waals surface area contributed by atoms with Crippen molar-refractivity contribution in [2.24, 2.45) is 5.92 Å². The second kappa shape index (κ2) is 10.4. The molecule has 3 aromatic carbocycles. The van der Waals surface area contributed by atoms with E-state index in [1.807, 2.05) is 13.8 Å². The van der Waals surface area contributed by atoms with Crippen LogP contribution in [0.25, 0.3) is 0 Å². The maximum absolute atomic E-state index is 13.1. The van der Waals surface area contributed by atoms with Gasteiger partial charge in [-0.25, -0.2) is 4.79 Å². The highest BCUT2D eigenvalue weighted by atomic mass is 16.5. The number of nitrogens with one attached hydrogen (secondary N) is 2. The van der Waals surface area contributed by atoms with Gasteiger partial charge in [-0.2, -0.15) is 0 Å². The fraction of sp³-hybridized carbons (Fsp3) is 0.179. The van der Waals surface area contributed by atoms with Gasteiger partial charge in [-0.3, -0.25) is 19.2 Å². The summed E-state index contributed by atoms with van der Waals surface area (Å²) in [7, 11) is 0. The van der Waals surface area contributed by atoms with E-state index in [1.54, 1.807) is 42.5 Å². The Bertz CT molecular complexity index is 1390. The summed E-state index contributed by atoms with van der Waals surface area (Å²) in [6.07, 6.45) is 0. The lowest BCUT2D eigenvalue weighted by atomic mass is 9.82. The first kappa shape index (κ1) is 24.5. The third kappa shape index (κ3) is 4.93. The van der Waals surface area contributed by atoms with Crippen molar-refractivity contribution in [2.45, 2.75) is 13.8 Å². The van der Waals surface area contributed by atoms with Gasteiger partial charge in [0.1, 0.15) is 0 Å². The predicted octanol–water partition coefficient (Wildman–Crippen LogP) is 3.64. The summed E-state index contributed by atoms with van der Waals surface area (Å²) < 4.78 is 5.16. The molecule has 36 heavy (non-hydrogen) atoms. The van der Waals surface area contributed by atoms with Crippen LogP contribution in [0.15, 0.2) is 66.7 Å². The van der Waals surface area contributed by atoms with Crippen LogP contribution in [-0.2, 0) is 9.53 Å². The highest BCUT2D eigenvalue weighted by molar-refractivity contribution is 6.30. The minimum absolute atomic E-state index is 0.0428. The van der Waals surface area contributed by atoms with Crippen molar-refractivity contribution in [1.82, 2.24) is 5.32 Å². The summed E-state index contributed by atoms with van der Waals surface area (Å²) in [5.74, 6) is -2.47. The maximum atomic E-state index is 13.1. The minimum atomic E-state index is -0.912. The van der Waals surface area contributed by atoms with Crippen LogP contribution in [-0.4, -0.2) is 42.5 Å². The van der Waals surface area contributed by atoms with E-state index in [4.69, 9.17) is 4.74 Å². The molecule has 0 aromatic heterocycles. The Morgan fingerprint density at radius 3 is 2.11 bits per heavy atom. The standard InChI is InChI=1S/C28H24N2O6/c1-16(2)14-29-27(34)19-10-5-6-13-22(19)30-23(31)15-36-28(35)21-12-7-11-20-24(21)26(33)18-9-4-3-8-17(18)25(20)32/h3-13,16H,14-15H2,1-2H3,(H,29,34)(H,30,31). The fourth-order valence-corrected chi connectivity index (χ4v) is 3.89. The highest BCUT2D eigenvalue weighted by Gasteiger charge is 2.33. The minimum Gasteiger partial charge on any atom is -0.452 e. The number of amides is 2. The van der Waals surface area contributed by atoms with E-state index in [0.29, 0.717) is 6.54 Å². The van der Waals surface area contributed by atoms with Crippen molar-refractivity contribution in [1.29, 1.82) is 0 Å². The van der Waals surface area contributed by atoms with E-state index in [9.17, 15) is 24.0 Å². The van der Waals surface area contributed by atoms with Crippen LogP contribution in [0.2, 0.25) is 0 Å². The topological polar surface area (TPSA) is 119 Å². The normalized spacial score (nSPS) is 12.0. The zero-order chi connectivity index (χ0) is 25.8. The first-order valence-corrected chi connectivity index (χ1v) is 11.4. The molecule has 182 valence electrons. The van der Waals surface area contributed by atoms with Crippen molar-refractivity contribution in [3.63, 3.8) is 0 Å². The predicted molar refractivity (Wildman–Crippen MR) is 132 cm³/mol. The van der Waals surface area contributed by atoms with Crippen molar-refractivity contribution < 1.29 is 28.7 Å². The van der Waals surface area contributed by atoms with Gasteiger partial charge in [-0.05, 0) is 24.1 Å². The van der Waals surface area contributed by atoms with Crippen molar-refractivity contribution in [3.05, 3.63) is 100 Å². The number of fused-ring (bicyclic) bond motifs is 2.